The zero-order valence-electron chi connectivity index (χ0n) is 9.37. The molecule has 1 aliphatic rings. The van der Waals surface area contributed by atoms with Crippen LogP contribution in [0.1, 0.15) is 5.56 Å². The van der Waals surface area contributed by atoms with Crippen LogP contribution in [-0.2, 0) is 21.3 Å². The highest BCUT2D eigenvalue weighted by molar-refractivity contribution is 7.89. The lowest BCUT2D eigenvalue weighted by Crippen LogP contribution is -2.40. The summed E-state index contributed by atoms with van der Waals surface area (Å²) in [5.41, 5.74) is 6.25. The summed E-state index contributed by atoms with van der Waals surface area (Å²) in [6.07, 6.45) is 1.49. The maximum Gasteiger partial charge on any atom is 0.260 e. The largest absolute Gasteiger partial charge is 0.379 e. The van der Waals surface area contributed by atoms with Gasteiger partial charge in [0.2, 0.25) is 0 Å². The average molecular weight is 257 g/mol. The van der Waals surface area contributed by atoms with Crippen LogP contribution in [0.2, 0.25) is 0 Å². The molecule has 0 amide bonds. The standard InChI is InChI=1S/C10H15N3O3S/c11-7-9-1-2-10(12-8-9)17(14,15)13-3-5-16-6-4-13/h1-2,8H,3-7,11H2. The van der Waals surface area contributed by atoms with Gasteiger partial charge in [-0.05, 0) is 11.6 Å². The molecule has 6 nitrogen and oxygen atoms in total. The Kier molecular flexibility index (Phi) is 3.72. The number of nitrogens with zero attached hydrogens (tertiary/aromatic N) is 2. The van der Waals surface area contributed by atoms with Gasteiger partial charge in [0.25, 0.3) is 10.0 Å². The van der Waals surface area contributed by atoms with E-state index in [1.54, 1.807) is 6.07 Å². The molecule has 2 N–H and O–H groups in total. The van der Waals surface area contributed by atoms with E-state index in [2.05, 4.69) is 4.98 Å². The van der Waals surface area contributed by atoms with Crippen molar-refractivity contribution in [2.24, 2.45) is 5.73 Å². The number of ether oxygens (including phenoxy) is 1. The van der Waals surface area contributed by atoms with Crippen molar-refractivity contribution in [2.75, 3.05) is 26.3 Å². The molecule has 2 heterocycles. The summed E-state index contributed by atoms with van der Waals surface area (Å²) in [6.45, 7) is 1.97. The van der Waals surface area contributed by atoms with Crippen molar-refractivity contribution in [3.05, 3.63) is 23.9 Å². The Morgan fingerprint density at radius 1 is 1.35 bits per heavy atom. The minimum Gasteiger partial charge on any atom is -0.379 e. The molecule has 0 spiro atoms. The van der Waals surface area contributed by atoms with Crippen molar-refractivity contribution >= 4 is 10.0 Å². The number of sulfonamides is 1. The predicted molar refractivity (Wildman–Crippen MR) is 61.7 cm³/mol. The minimum absolute atomic E-state index is 0.0663. The van der Waals surface area contributed by atoms with Crippen LogP contribution in [0.15, 0.2) is 23.4 Å². The molecule has 1 saturated heterocycles. The Balaban J connectivity index is 2.23. The van der Waals surface area contributed by atoms with E-state index in [9.17, 15) is 8.42 Å². The van der Waals surface area contributed by atoms with Crippen molar-refractivity contribution < 1.29 is 13.2 Å². The Bertz CT molecular complexity index is 466. The highest BCUT2D eigenvalue weighted by Gasteiger charge is 2.27. The van der Waals surface area contributed by atoms with E-state index in [4.69, 9.17) is 10.5 Å². The van der Waals surface area contributed by atoms with Gasteiger partial charge in [0.1, 0.15) is 0 Å². The lowest BCUT2D eigenvalue weighted by Gasteiger charge is -2.25. The van der Waals surface area contributed by atoms with Crippen molar-refractivity contribution in [1.82, 2.24) is 9.29 Å². The molecule has 0 saturated carbocycles. The van der Waals surface area contributed by atoms with Gasteiger partial charge in [-0.3, -0.25) is 0 Å². The molecule has 2 rings (SSSR count). The van der Waals surface area contributed by atoms with Gasteiger partial charge in [-0.1, -0.05) is 6.07 Å². The van der Waals surface area contributed by atoms with Crippen LogP contribution in [0, 0.1) is 0 Å². The number of aromatic nitrogens is 1. The van der Waals surface area contributed by atoms with Crippen LogP contribution in [0.4, 0.5) is 0 Å². The third-order valence-electron chi connectivity index (χ3n) is 2.61. The Hall–Kier alpha value is -1.02. The highest BCUT2D eigenvalue weighted by atomic mass is 32.2. The molecule has 1 aromatic heterocycles. The topological polar surface area (TPSA) is 85.5 Å². The maximum atomic E-state index is 12.2. The molecule has 1 fully saturated rings. The van der Waals surface area contributed by atoms with Crippen molar-refractivity contribution in [3.8, 4) is 0 Å². The van der Waals surface area contributed by atoms with Gasteiger partial charge in [0.05, 0.1) is 13.2 Å². The fourth-order valence-electron chi connectivity index (χ4n) is 1.60. The van der Waals surface area contributed by atoms with Crippen LogP contribution >= 0.6 is 0 Å². The van der Waals surface area contributed by atoms with E-state index >= 15 is 0 Å². The van der Waals surface area contributed by atoms with Crippen LogP contribution in [0.25, 0.3) is 0 Å². The smallest absolute Gasteiger partial charge is 0.260 e. The van der Waals surface area contributed by atoms with Gasteiger partial charge in [-0.15, -0.1) is 0 Å². The molecule has 0 aromatic carbocycles. The van der Waals surface area contributed by atoms with E-state index in [0.717, 1.165) is 5.56 Å². The fraction of sp³-hybridized carbons (Fsp3) is 0.500. The second kappa shape index (κ2) is 5.09. The third-order valence-corrected chi connectivity index (χ3v) is 4.42. The molecule has 7 heteroatoms. The Morgan fingerprint density at radius 3 is 2.59 bits per heavy atom. The number of morpholine rings is 1. The molecule has 0 aliphatic carbocycles. The van der Waals surface area contributed by atoms with Gasteiger partial charge in [-0.2, -0.15) is 4.31 Å². The van der Waals surface area contributed by atoms with Crippen LogP contribution in [0.5, 0.6) is 0 Å². The van der Waals surface area contributed by atoms with E-state index in [0.29, 0.717) is 32.8 Å². The summed E-state index contributed by atoms with van der Waals surface area (Å²) in [7, 11) is -3.49. The van der Waals surface area contributed by atoms with E-state index in [-0.39, 0.29) is 5.03 Å². The Morgan fingerprint density at radius 2 is 2.06 bits per heavy atom. The molecule has 0 radical (unpaired) electrons. The lowest BCUT2D eigenvalue weighted by atomic mass is 10.3. The first-order chi connectivity index (χ1) is 8.14. The number of rotatable bonds is 3. The average Bonchev–Trinajstić information content (AvgIpc) is 2.40. The second-order valence-electron chi connectivity index (χ2n) is 3.73. The summed E-state index contributed by atoms with van der Waals surface area (Å²) in [5.74, 6) is 0. The first-order valence-corrected chi connectivity index (χ1v) is 6.81. The SMILES string of the molecule is NCc1ccc(S(=O)(=O)N2CCOCC2)nc1. The minimum atomic E-state index is -3.49. The van der Waals surface area contributed by atoms with Crippen LogP contribution in [0.3, 0.4) is 0 Å². The van der Waals surface area contributed by atoms with Gasteiger partial charge >= 0.3 is 0 Å². The predicted octanol–water partition coefficient (Wildman–Crippen LogP) is -0.439. The summed E-state index contributed by atoms with van der Waals surface area (Å²) < 4.78 is 30.8. The molecule has 0 atom stereocenters. The maximum absolute atomic E-state index is 12.2. The highest BCUT2D eigenvalue weighted by Crippen LogP contribution is 2.14. The number of nitrogens with two attached hydrogens (primary N) is 1. The normalized spacial score (nSPS) is 18.2. The molecule has 1 aliphatic heterocycles. The van der Waals surface area contributed by atoms with E-state index in [1.807, 2.05) is 0 Å². The van der Waals surface area contributed by atoms with E-state index < -0.39 is 10.0 Å². The quantitative estimate of drug-likeness (QED) is 0.793. The Labute approximate surface area is 100 Å². The zero-order valence-corrected chi connectivity index (χ0v) is 10.2. The third kappa shape index (κ3) is 2.63. The molecule has 94 valence electrons. The fourth-order valence-corrected chi connectivity index (χ4v) is 2.92. The van der Waals surface area contributed by atoms with Gasteiger partial charge in [0.15, 0.2) is 5.03 Å². The summed E-state index contributed by atoms with van der Waals surface area (Å²) in [6, 6.07) is 3.17. The van der Waals surface area contributed by atoms with Gasteiger partial charge in [-0.25, -0.2) is 13.4 Å². The summed E-state index contributed by atoms with van der Waals surface area (Å²) >= 11 is 0. The van der Waals surface area contributed by atoms with Crippen LogP contribution < -0.4 is 5.73 Å². The molecule has 17 heavy (non-hydrogen) atoms. The first kappa shape index (κ1) is 12.4. The van der Waals surface area contributed by atoms with Gasteiger partial charge < -0.3 is 10.5 Å². The number of pyridine rings is 1. The molecule has 1 aromatic rings. The number of hydrogen-bond donors (Lipinski definition) is 1. The van der Waals surface area contributed by atoms with Crippen molar-refractivity contribution in [3.63, 3.8) is 0 Å². The second-order valence-corrected chi connectivity index (χ2v) is 5.61. The number of hydrogen-bond acceptors (Lipinski definition) is 5. The summed E-state index contributed by atoms with van der Waals surface area (Å²) in [5, 5.41) is 0.0663. The van der Waals surface area contributed by atoms with E-state index in [1.165, 1.54) is 16.6 Å². The van der Waals surface area contributed by atoms with Gasteiger partial charge in [0, 0.05) is 25.8 Å². The lowest BCUT2D eigenvalue weighted by molar-refractivity contribution is 0.0729. The van der Waals surface area contributed by atoms with Crippen LogP contribution in [-0.4, -0.2) is 44.0 Å². The molecular weight excluding hydrogens is 242 g/mol. The zero-order chi connectivity index (χ0) is 12.3. The monoisotopic (exact) mass is 257 g/mol. The van der Waals surface area contributed by atoms with Crippen molar-refractivity contribution in [2.45, 2.75) is 11.6 Å². The van der Waals surface area contributed by atoms with Crippen molar-refractivity contribution in [1.29, 1.82) is 0 Å². The first-order valence-electron chi connectivity index (χ1n) is 5.37. The summed E-state index contributed by atoms with van der Waals surface area (Å²) in [4.78, 5) is 3.95. The molecular formula is C10H15N3O3S. The molecule has 0 bridgehead atoms. The molecule has 0 unspecified atom stereocenters.